The highest BCUT2D eigenvalue weighted by atomic mass is 35.5. The molecule has 0 fully saturated rings. The fourth-order valence-electron chi connectivity index (χ4n) is 1.65. The van der Waals surface area contributed by atoms with Crippen molar-refractivity contribution in [3.63, 3.8) is 0 Å². The van der Waals surface area contributed by atoms with Crippen LogP contribution in [0.15, 0.2) is 41.3 Å². The molecule has 0 aliphatic heterocycles. The Morgan fingerprint density at radius 2 is 1.91 bits per heavy atom. The lowest BCUT2D eigenvalue weighted by Gasteiger charge is -2.11. The van der Waals surface area contributed by atoms with Crippen molar-refractivity contribution in [2.24, 2.45) is 0 Å². The van der Waals surface area contributed by atoms with Crippen LogP contribution in [0.4, 0.5) is 4.39 Å². The Bertz CT molecular complexity index is 862. The van der Waals surface area contributed by atoms with Crippen molar-refractivity contribution in [2.45, 2.75) is 4.90 Å². The van der Waals surface area contributed by atoms with E-state index in [0.29, 0.717) is 0 Å². The second-order valence-corrected chi connectivity index (χ2v) is 6.01. The summed E-state index contributed by atoms with van der Waals surface area (Å²) < 4.78 is 47.4. The van der Waals surface area contributed by atoms with Crippen LogP contribution in [0.2, 0.25) is 5.02 Å². The van der Waals surface area contributed by atoms with E-state index in [1.807, 2.05) is 6.07 Å². The second kappa shape index (κ2) is 6.22. The van der Waals surface area contributed by atoms with Gasteiger partial charge in [-0.1, -0.05) is 11.6 Å². The van der Waals surface area contributed by atoms with E-state index in [2.05, 4.69) is 0 Å². The Labute approximate surface area is 131 Å². The number of halogens is 2. The van der Waals surface area contributed by atoms with Gasteiger partial charge in [0, 0.05) is 6.07 Å². The maximum atomic E-state index is 13.0. The minimum absolute atomic E-state index is 0.0702. The third kappa shape index (κ3) is 3.30. The number of ether oxygens (including phenoxy) is 1. The lowest BCUT2D eigenvalue weighted by Crippen LogP contribution is -2.11. The topological polar surface area (TPSA) is 76.4 Å². The largest absolute Gasteiger partial charge is 0.493 e. The molecule has 22 heavy (non-hydrogen) atoms. The van der Waals surface area contributed by atoms with Gasteiger partial charge in [-0.15, -0.1) is 0 Å². The van der Waals surface area contributed by atoms with Gasteiger partial charge < -0.3 is 8.92 Å². The molecule has 8 heteroatoms. The first-order chi connectivity index (χ1) is 10.4. The highest BCUT2D eigenvalue weighted by molar-refractivity contribution is 7.87. The summed E-state index contributed by atoms with van der Waals surface area (Å²) in [6, 6.07) is 8.71. The molecular weight excluding hydrogens is 333 g/mol. The molecule has 2 aromatic carbocycles. The molecule has 0 N–H and O–H groups in total. The number of benzene rings is 2. The van der Waals surface area contributed by atoms with E-state index in [4.69, 9.17) is 25.8 Å². The van der Waals surface area contributed by atoms with Gasteiger partial charge in [0.15, 0.2) is 11.5 Å². The summed E-state index contributed by atoms with van der Waals surface area (Å²) in [5, 5.41) is 8.51. The maximum absolute atomic E-state index is 13.0. The summed E-state index contributed by atoms with van der Waals surface area (Å²) in [5.74, 6) is -0.706. The smallest absolute Gasteiger partial charge is 0.340 e. The molecule has 0 atom stereocenters. The van der Waals surface area contributed by atoms with Crippen molar-refractivity contribution >= 4 is 21.7 Å². The molecule has 0 spiro atoms. The summed E-state index contributed by atoms with van der Waals surface area (Å²) in [6.45, 7) is 0. The first-order valence-electron chi connectivity index (χ1n) is 5.85. The Hall–Kier alpha value is -2.30. The molecule has 0 heterocycles. The Balaban J connectivity index is 2.43. The SMILES string of the molecule is COc1cc(C#N)ccc1OS(=O)(=O)c1ccc(F)cc1Cl. The van der Waals surface area contributed by atoms with Gasteiger partial charge in [0.25, 0.3) is 0 Å². The standard InChI is InChI=1S/C14H9ClFNO4S/c1-20-13-6-9(8-17)2-4-12(13)21-22(18,19)14-5-3-10(16)7-11(14)15/h2-7H,1H3. The molecule has 5 nitrogen and oxygen atoms in total. The first-order valence-corrected chi connectivity index (χ1v) is 7.63. The lowest BCUT2D eigenvalue weighted by molar-refractivity contribution is 0.390. The third-order valence-corrected chi connectivity index (χ3v) is 4.37. The monoisotopic (exact) mass is 341 g/mol. The van der Waals surface area contributed by atoms with Crippen LogP contribution in [-0.2, 0) is 10.1 Å². The molecule has 2 rings (SSSR count). The van der Waals surface area contributed by atoms with Crippen LogP contribution < -0.4 is 8.92 Å². The van der Waals surface area contributed by atoms with E-state index in [-0.39, 0.29) is 27.0 Å². The molecular formula is C14H9ClFNO4S. The lowest BCUT2D eigenvalue weighted by atomic mass is 10.2. The molecule has 114 valence electrons. The number of rotatable bonds is 4. The van der Waals surface area contributed by atoms with Crippen molar-refractivity contribution < 1.29 is 21.7 Å². The van der Waals surface area contributed by atoms with Crippen LogP contribution in [0, 0.1) is 17.1 Å². The summed E-state index contributed by atoms with van der Waals surface area (Å²) in [5.41, 5.74) is 0.279. The minimum Gasteiger partial charge on any atom is -0.493 e. The van der Waals surface area contributed by atoms with Gasteiger partial charge in [0.05, 0.1) is 23.8 Å². The number of methoxy groups -OCH3 is 1. The molecule has 0 saturated heterocycles. The van der Waals surface area contributed by atoms with Gasteiger partial charge in [-0.25, -0.2) is 4.39 Å². The summed E-state index contributed by atoms with van der Waals surface area (Å²) in [7, 11) is -2.97. The van der Waals surface area contributed by atoms with E-state index in [9.17, 15) is 12.8 Å². The third-order valence-electron chi connectivity index (χ3n) is 2.66. The van der Waals surface area contributed by atoms with Crippen molar-refractivity contribution in [3.05, 3.63) is 52.8 Å². The highest BCUT2D eigenvalue weighted by Crippen LogP contribution is 2.32. The van der Waals surface area contributed by atoms with E-state index in [0.717, 1.165) is 18.2 Å². The number of hydrogen-bond acceptors (Lipinski definition) is 5. The fraction of sp³-hybridized carbons (Fsp3) is 0.0714. The van der Waals surface area contributed by atoms with Crippen molar-refractivity contribution in [1.29, 1.82) is 5.26 Å². The molecule has 0 aliphatic carbocycles. The van der Waals surface area contributed by atoms with Crippen LogP contribution in [-0.4, -0.2) is 15.5 Å². The number of nitrogens with zero attached hydrogens (tertiary/aromatic N) is 1. The van der Waals surface area contributed by atoms with E-state index >= 15 is 0 Å². The molecule has 0 unspecified atom stereocenters. The quantitative estimate of drug-likeness (QED) is 0.798. The van der Waals surface area contributed by atoms with E-state index in [1.165, 1.54) is 25.3 Å². The van der Waals surface area contributed by atoms with E-state index < -0.39 is 15.9 Å². The fourth-order valence-corrected chi connectivity index (χ4v) is 3.09. The van der Waals surface area contributed by atoms with Crippen LogP contribution in [0.1, 0.15) is 5.56 Å². The molecule has 0 aliphatic rings. The Morgan fingerprint density at radius 1 is 1.18 bits per heavy atom. The average molecular weight is 342 g/mol. The van der Waals surface area contributed by atoms with Crippen molar-refractivity contribution in [1.82, 2.24) is 0 Å². The minimum atomic E-state index is -4.27. The molecule has 2 aromatic rings. The van der Waals surface area contributed by atoms with Gasteiger partial charge in [-0.05, 0) is 30.3 Å². The summed E-state index contributed by atoms with van der Waals surface area (Å²) in [4.78, 5) is -0.373. The average Bonchev–Trinajstić information content (AvgIpc) is 2.46. The van der Waals surface area contributed by atoms with Crippen LogP contribution in [0.3, 0.4) is 0 Å². The normalized spacial score (nSPS) is 10.8. The van der Waals surface area contributed by atoms with Gasteiger partial charge in [0.1, 0.15) is 10.7 Å². The number of hydrogen-bond donors (Lipinski definition) is 0. The van der Waals surface area contributed by atoms with Crippen molar-refractivity contribution in [2.75, 3.05) is 7.11 Å². The first kappa shape index (κ1) is 16.1. The Kier molecular flexibility index (Phi) is 4.54. The predicted octanol–water partition coefficient (Wildman–Crippen LogP) is 3.13. The highest BCUT2D eigenvalue weighted by Gasteiger charge is 2.22. The van der Waals surface area contributed by atoms with Gasteiger partial charge in [0.2, 0.25) is 0 Å². The Morgan fingerprint density at radius 3 is 2.50 bits per heavy atom. The van der Waals surface area contributed by atoms with Crippen LogP contribution in [0.5, 0.6) is 11.5 Å². The molecule has 0 radical (unpaired) electrons. The molecule has 0 aromatic heterocycles. The zero-order chi connectivity index (χ0) is 16.3. The van der Waals surface area contributed by atoms with Crippen LogP contribution in [0.25, 0.3) is 0 Å². The molecule has 0 amide bonds. The summed E-state index contributed by atoms with van der Waals surface area (Å²) >= 11 is 5.73. The van der Waals surface area contributed by atoms with Crippen LogP contribution >= 0.6 is 11.6 Å². The van der Waals surface area contributed by atoms with Gasteiger partial charge in [-0.2, -0.15) is 13.7 Å². The summed E-state index contributed by atoms with van der Waals surface area (Å²) in [6.07, 6.45) is 0. The number of nitriles is 1. The maximum Gasteiger partial charge on any atom is 0.340 e. The predicted molar refractivity (Wildman–Crippen MR) is 76.9 cm³/mol. The molecule has 0 bridgehead atoms. The van der Waals surface area contributed by atoms with Gasteiger partial charge >= 0.3 is 10.1 Å². The zero-order valence-corrected chi connectivity index (χ0v) is 12.8. The van der Waals surface area contributed by atoms with Crippen molar-refractivity contribution in [3.8, 4) is 17.6 Å². The van der Waals surface area contributed by atoms with Gasteiger partial charge in [-0.3, -0.25) is 0 Å². The zero-order valence-electron chi connectivity index (χ0n) is 11.2. The second-order valence-electron chi connectivity index (χ2n) is 4.09. The molecule has 0 saturated carbocycles. The van der Waals surface area contributed by atoms with E-state index in [1.54, 1.807) is 0 Å².